The Morgan fingerprint density at radius 2 is 1.97 bits per heavy atom. The van der Waals surface area contributed by atoms with E-state index in [2.05, 4.69) is 22.4 Å². The Morgan fingerprint density at radius 3 is 2.76 bits per heavy atom. The molecular weight excluding hydrogens is 368 g/mol. The molecule has 4 aromatic rings. The summed E-state index contributed by atoms with van der Waals surface area (Å²) in [7, 11) is 0. The number of amides is 1. The zero-order valence-electron chi connectivity index (χ0n) is 16.0. The zero-order valence-corrected chi connectivity index (χ0v) is 16.0. The lowest BCUT2D eigenvalue weighted by atomic mass is 10.1. The summed E-state index contributed by atoms with van der Waals surface area (Å²) in [5.41, 5.74) is 3.03. The minimum atomic E-state index is -0.282. The van der Waals surface area contributed by atoms with Crippen LogP contribution < -0.4 is 10.9 Å². The first-order valence-electron chi connectivity index (χ1n) is 9.44. The number of anilines is 1. The van der Waals surface area contributed by atoms with Crippen LogP contribution in [-0.2, 0) is 17.8 Å². The second-order valence-corrected chi connectivity index (χ2v) is 6.67. The predicted molar refractivity (Wildman–Crippen MR) is 111 cm³/mol. The van der Waals surface area contributed by atoms with Crippen molar-refractivity contribution in [2.45, 2.75) is 26.3 Å². The number of hydrogen-bond donors (Lipinski definition) is 1. The minimum Gasteiger partial charge on any atom is -0.335 e. The van der Waals surface area contributed by atoms with E-state index in [4.69, 9.17) is 4.52 Å². The molecule has 0 aliphatic heterocycles. The largest absolute Gasteiger partial charge is 0.335 e. The van der Waals surface area contributed by atoms with Crippen molar-refractivity contribution in [3.05, 3.63) is 76.8 Å². The van der Waals surface area contributed by atoms with Crippen LogP contribution in [0.5, 0.6) is 0 Å². The van der Waals surface area contributed by atoms with Gasteiger partial charge in [0.05, 0.1) is 0 Å². The van der Waals surface area contributed by atoms with Crippen molar-refractivity contribution < 1.29 is 9.32 Å². The summed E-state index contributed by atoms with van der Waals surface area (Å²) in [5.74, 6) is -0.168. The van der Waals surface area contributed by atoms with Gasteiger partial charge in [0.1, 0.15) is 17.4 Å². The fourth-order valence-electron chi connectivity index (χ4n) is 3.15. The van der Waals surface area contributed by atoms with Crippen molar-refractivity contribution in [3.8, 4) is 11.3 Å². The molecule has 2 heterocycles. The van der Waals surface area contributed by atoms with Crippen LogP contribution in [0, 0.1) is 0 Å². The maximum absolute atomic E-state index is 12.9. The normalized spacial score (nSPS) is 10.9. The third-order valence-electron chi connectivity index (χ3n) is 4.71. The molecule has 2 aromatic carbocycles. The number of fused-ring (bicyclic) bond motifs is 1. The van der Waals surface area contributed by atoms with Crippen LogP contribution in [0.25, 0.3) is 22.4 Å². The number of carbonyl (C=O) groups is 1. The lowest BCUT2D eigenvalue weighted by Crippen LogP contribution is -2.23. The smallest absolute Gasteiger partial charge is 0.266 e. The van der Waals surface area contributed by atoms with E-state index in [0.29, 0.717) is 11.1 Å². The molecule has 0 bridgehead atoms. The predicted octanol–water partition coefficient (Wildman–Crippen LogP) is 3.64. The Bertz CT molecular complexity index is 1210. The molecule has 2 aromatic heterocycles. The molecule has 0 spiro atoms. The van der Waals surface area contributed by atoms with E-state index in [1.807, 2.05) is 54.6 Å². The third-order valence-corrected chi connectivity index (χ3v) is 4.71. The van der Waals surface area contributed by atoms with Crippen LogP contribution in [0.4, 0.5) is 5.69 Å². The second-order valence-electron chi connectivity index (χ2n) is 6.67. The van der Waals surface area contributed by atoms with Gasteiger partial charge in [0, 0.05) is 24.2 Å². The van der Waals surface area contributed by atoms with Crippen molar-refractivity contribution in [1.29, 1.82) is 0 Å². The van der Waals surface area contributed by atoms with Gasteiger partial charge in [-0.2, -0.15) is 0 Å². The van der Waals surface area contributed by atoms with Crippen molar-refractivity contribution >= 4 is 22.7 Å². The number of aromatic nitrogens is 3. The Hall–Kier alpha value is -3.74. The van der Waals surface area contributed by atoms with E-state index in [0.717, 1.165) is 23.2 Å². The van der Waals surface area contributed by atoms with E-state index in [1.54, 1.807) is 0 Å². The molecule has 146 valence electrons. The van der Waals surface area contributed by atoms with Crippen molar-refractivity contribution in [2.24, 2.45) is 0 Å². The fourth-order valence-corrected chi connectivity index (χ4v) is 3.15. The Morgan fingerprint density at radius 1 is 1.14 bits per heavy atom. The topological polar surface area (TPSA) is 90.0 Å². The number of aryl methyl sites for hydroxylation is 2. The maximum Gasteiger partial charge on any atom is 0.266 e. The summed E-state index contributed by atoms with van der Waals surface area (Å²) < 4.78 is 6.62. The molecule has 29 heavy (non-hydrogen) atoms. The van der Waals surface area contributed by atoms with Gasteiger partial charge in [-0.1, -0.05) is 54.5 Å². The van der Waals surface area contributed by atoms with Crippen LogP contribution >= 0.6 is 0 Å². The van der Waals surface area contributed by atoms with Crippen LogP contribution in [0.15, 0.2) is 70.2 Å². The summed E-state index contributed by atoms with van der Waals surface area (Å²) >= 11 is 0. The van der Waals surface area contributed by atoms with Gasteiger partial charge in [-0.15, -0.1) is 0 Å². The number of rotatable bonds is 6. The number of nitrogens with one attached hydrogen (secondary N) is 1. The average Bonchev–Trinajstić information content (AvgIpc) is 3.19. The van der Waals surface area contributed by atoms with E-state index in [1.165, 1.54) is 10.9 Å². The van der Waals surface area contributed by atoms with E-state index in [9.17, 15) is 9.59 Å². The van der Waals surface area contributed by atoms with Crippen molar-refractivity contribution in [1.82, 2.24) is 14.7 Å². The van der Waals surface area contributed by atoms with Crippen molar-refractivity contribution in [3.63, 3.8) is 0 Å². The molecule has 7 heteroatoms. The third kappa shape index (κ3) is 3.94. The fraction of sp³-hybridized carbons (Fsp3) is 0.182. The molecule has 1 N–H and O–H groups in total. The summed E-state index contributed by atoms with van der Waals surface area (Å²) in [6.07, 6.45) is 2.43. The van der Waals surface area contributed by atoms with E-state index in [-0.39, 0.29) is 30.1 Å². The van der Waals surface area contributed by atoms with Gasteiger partial charge in [-0.05, 0) is 24.1 Å². The zero-order chi connectivity index (χ0) is 20.2. The second kappa shape index (κ2) is 8.10. The molecule has 0 fully saturated rings. The first-order chi connectivity index (χ1) is 14.2. The van der Waals surface area contributed by atoms with E-state index >= 15 is 0 Å². The number of benzene rings is 2. The average molecular weight is 388 g/mol. The molecule has 0 aliphatic carbocycles. The lowest BCUT2D eigenvalue weighted by molar-refractivity contribution is -0.116. The minimum absolute atomic E-state index is 0.148. The number of nitrogens with zero attached hydrogens (tertiary/aromatic N) is 3. The molecule has 0 saturated heterocycles. The first-order valence-corrected chi connectivity index (χ1v) is 9.44. The van der Waals surface area contributed by atoms with Crippen molar-refractivity contribution in [2.75, 3.05) is 5.32 Å². The molecule has 1 amide bonds. The summed E-state index contributed by atoms with van der Waals surface area (Å²) in [6.45, 7) is 2.27. The molecule has 7 nitrogen and oxygen atoms in total. The SMILES string of the molecule is CCc1cccc(NC(=O)CCn2cnc3onc(-c4ccccc4)c3c2=O)c1. The van der Waals surface area contributed by atoms with Gasteiger partial charge in [0.15, 0.2) is 0 Å². The summed E-state index contributed by atoms with van der Waals surface area (Å²) in [6, 6.07) is 17.0. The van der Waals surface area contributed by atoms with E-state index < -0.39 is 0 Å². The molecule has 0 unspecified atom stereocenters. The van der Waals surface area contributed by atoms with Gasteiger partial charge >= 0.3 is 0 Å². The Labute approximate surface area is 167 Å². The molecule has 0 aliphatic rings. The summed E-state index contributed by atoms with van der Waals surface area (Å²) in [4.78, 5) is 29.4. The number of hydrogen-bond acceptors (Lipinski definition) is 5. The molecule has 0 atom stereocenters. The van der Waals surface area contributed by atoms with Gasteiger partial charge in [0.25, 0.3) is 11.3 Å². The lowest BCUT2D eigenvalue weighted by Gasteiger charge is -2.08. The monoisotopic (exact) mass is 388 g/mol. The maximum atomic E-state index is 12.9. The molecular formula is C22H20N4O3. The molecule has 0 radical (unpaired) electrons. The highest BCUT2D eigenvalue weighted by molar-refractivity contribution is 5.91. The highest BCUT2D eigenvalue weighted by Crippen LogP contribution is 2.23. The summed E-state index contributed by atoms with van der Waals surface area (Å²) in [5, 5.41) is 7.19. The standard InChI is InChI=1S/C22H20N4O3/c1-2-15-7-6-10-17(13-15)24-18(27)11-12-26-14-23-21-19(22(26)28)20(25-29-21)16-8-4-3-5-9-16/h3-10,13-14H,2,11-12H2,1H3,(H,24,27). The van der Waals surface area contributed by atoms with Crippen LogP contribution in [-0.4, -0.2) is 20.6 Å². The van der Waals surface area contributed by atoms with Crippen LogP contribution in [0.3, 0.4) is 0 Å². The van der Waals surface area contributed by atoms with Gasteiger partial charge in [0.2, 0.25) is 5.91 Å². The molecule has 4 rings (SSSR count). The van der Waals surface area contributed by atoms with Gasteiger partial charge < -0.3 is 9.84 Å². The highest BCUT2D eigenvalue weighted by atomic mass is 16.5. The highest BCUT2D eigenvalue weighted by Gasteiger charge is 2.17. The Kier molecular flexibility index (Phi) is 5.20. The Balaban J connectivity index is 1.53. The van der Waals surface area contributed by atoms with Crippen LogP contribution in [0.1, 0.15) is 18.9 Å². The first kappa shape index (κ1) is 18.6. The quantitative estimate of drug-likeness (QED) is 0.545. The molecule has 0 saturated carbocycles. The van der Waals surface area contributed by atoms with Gasteiger partial charge in [-0.3, -0.25) is 14.2 Å². The van der Waals surface area contributed by atoms with Crippen LogP contribution in [0.2, 0.25) is 0 Å². The number of carbonyl (C=O) groups excluding carboxylic acids is 1. The van der Waals surface area contributed by atoms with Gasteiger partial charge in [-0.25, -0.2) is 4.98 Å².